The van der Waals surface area contributed by atoms with Gasteiger partial charge < -0.3 is 10.2 Å². The van der Waals surface area contributed by atoms with E-state index in [-0.39, 0.29) is 6.03 Å². The minimum Gasteiger partial charge on any atom is -0.332 e. The van der Waals surface area contributed by atoms with Gasteiger partial charge in [-0.25, -0.2) is 4.79 Å². The second kappa shape index (κ2) is 7.62. The number of nitrogens with one attached hydrogen (secondary N) is 2. The van der Waals surface area contributed by atoms with Gasteiger partial charge >= 0.3 is 6.03 Å². The summed E-state index contributed by atoms with van der Waals surface area (Å²) in [4.78, 5) is 16.3. The van der Waals surface area contributed by atoms with Gasteiger partial charge in [0, 0.05) is 38.9 Å². The molecule has 7 nitrogen and oxygen atoms in total. The molecule has 7 heteroatoms. The summed E-state index contributed by atoms with van der Waals surface area (Å²) in [6, 6.07) is 11.6. The van der Waals surface area contributed by atoms with Gasteiger partial charge in [-0.05, 0) is 23.8 Å². The van der Waals surface area contributed by atoms with Gasteiger partial charge in [-0.15, -0.1) is 0 Å². The van der Waals surface area contributed by atoms with E-state index < -0.39 is 0 Å². The minimum absolute atomic E-state index is 0.0392. The van der Waals surface area contributed by atoms with Crippen molar-refractivity contribution < 1.29 is 4.79 Å². The number of carbonyl (C=O) groups excluding carboxylic acids is 1. The number of benzene rings is 1. The number of carbonyl (C=O) groups is 1. The van der Waals surface area contributed by atoms with Crippen molar-refractivity contribution >= 4 is 6.03 Å². The number of nitrogens with zero attached hydrogens (tertiary/aromatic N) is 4. The van der Waals surface area contributed by atoms with Crippen molar-refractivity contribution in [3.8, 4) is 6.07 Å². The van der Waals surface area contributed by atoms with Crippen molar-refractivity contribution in [2.24, 2.45) is 0 Å². The Labute approximate surface area is 140 Å². The summed E-state index contributed by atoms with van der Waals surface area (Å²) in [5.41, 5.74) is 2.76. The number of piperazine rings is 1. The van der Waals surface area contributed by atoms with Crippen LogP contribution in [0.1, 0.15) is 16.8 Å². The van der Waals surface area contributed by atoms with Gasteiger partial charge in [0.05, 0.1) is 23.9 Å². The molecule has 1 aromatic carbocycles. The standard InChI is InChI=1S/C17H20N6O/c18-11-14-1-3-15(4-2-14)13-22-7-9-23(10-8-22)17(24)19-12-16-5-6-20-21-16/h1-6H,7-10,12-13H2,(H,19,24)(H,20,21). The van der Waals surface area contributed by atoms with Gasteiger partial charge in [0.15, 0.2) is 0 Å². The highest BCUT2D eigenvalue weighted by Gasteiger charge is 2.20. The number of amides is 2. The number of hydrogen-bond acceptors (Lipinski definition) is 4. The first-order chi connectivity index (χ1) is 11.7. The van der Waals surface area contributed by atoms with Crippen LogP contribution in [0, 0.1) is 11.3 Å². The maximum atomic E-state index is 12.2. The zero-order valence-corrected chi connectivity index (χ0v) is 13.4. The molecule has 0 unspecified atom stereocenters. The SMILES string of the molecule is N#Cc1ccc(CN2CCN(C(=O)NCc3ccn[nH]3)CC2)cc1. The maximum absolute atomic E-state index is 12.2. The summed E-state index contributed by atoms with van der Waals surface area (Å²) in [5, 5.41) is 18.4. The van der Waals surface area contributed by atoms with Crippen LogP contribution in [0.25, 0.3) is 0 Å². The number of hydrogen-bond donors (Lipinski definition) is 2. The predicted octanol–water partition coefficient (Wildman–Crippen LogP) is 1.31. The Balaban J connectivity index is 1.43. The number of rotatable bonds is 4. The Morgan fingerprint density at radius 1 is 1.21 bits per heavy atom. The molecule has 0 saturated carbocycles. The van der Waals surface area contributed by atoms with Crippen LogP contribution in [0.4, 0.5) is 4.79 Å². The lowest BCUT2D eigenvalue weighted by Gasteiger charge is -2.34. The van der Waals surface area contributed by atoms with E-state index in [1.54, 1.807) is 6.20 Å². The van der Waals surface area contributed by atoms with Crippen LogP contribution < -0.4 is 5.32 Å². The van der Waals surface area contributed by atoms with E-state index in [1.807, 2.05) is 35.2 Å². The fraction of sp³-hybridized carbons (Fsp3) is 0.353. The van der Waals surface area contributed by atoms with Crippen molar-refractivity contribution in [2.45, 2.75) is 13.1 Å². The number of H-pyrrole nitrogens is 1. The molecule has 1 aliphatic heterocycles. The zero-order valence-electron chi connectivity index (χ0n) is 13.4. The molecule has 2 N–H and O–H groups in total. The van der Waals surface area contributed by atoms with Crippen LogP contribution in [0.2, 0.25) is 0 Å². The molecule has 124 valence electrons. The summed E-state index contributed by atoms with van der Waals surface area (Å²) in [6.07, 6.45) is 1.67. The van der Waals surface area contributed by atoms with Gasteiger partial charge in [-0.2, -0.15) is 10.4 Å². The van der Waals surface area contributed by atoms with Gasteiger partial charge in [-0.3, -0.25) is 10.00 Å². The summed E-state index contributed by atoms with van der Waals surface area (Å²) in [6.45, 7) is 4.42. The molecule has 3 rings (SSSR count). The summed E-state index contributed by atoms with van der Waals surface area (Å²) < 4.78 is 0. The molecule has 0 spiro atoms. The van der Waals surface area contributed by atoms with Gasteiger partial charge in [0.2, 0.25) is 0 Å². The molecule has 1 aromatic heterocycles. The Morgan fingerprint density at radius 3 is 2.58 bits per heavy atom. The van der Waals surface area contributed by atoms with Crippen molar-refractivity contribution in [1.29, 1.82) is 5.26 Å². The van der Waals surface area contributed by atoms with Crippen LogP contribution in [0.3, 0.4) is 0 Å². The Hall–Kier alpha value is -2.85. The normalized spacial score (nSPS) is 15.0. The van der Waals surface area contributed by atoms with Crippen LogP contribution in [0.5, 0.6) is 0 Å². The van der Waals surface area contributed by atoms with Crippen molar-refractivity contribution in [1.82, 2.24) is 25.3 Å². The summed E-state index contributed by atoms with van der Waals surface area (Å²) in [7, 11) is 0. The molecule has 0 aliphatic carbocycles. The molecule has 1 saturated heterocycles. The molecule has 1 fully saturated rings. The third-order valence-electron chi connectivity index (χ3n) is 4.14. The van der Waals surface area contributed by atoms with E-state index in [2.05, 4.69) is 26.5 Å². The average Bonchev–Trinajstić information content (AvgIpc) is 3.14. The van der Waals surface area contributed by atoms with Crippen molar-refractivity contribution in [3.05, 3.63) is 53.3 Å². The third kappa shape index (κ3) is 4.12. The molecule has 2 aromatic rings. The Bertz CT molecular complexity index is 696. The number of aromatic amines is 1. The monoisotopic (exact) mass is 324 g/mol. The number of urea groups is 1. The van der Waals surface area contributed by atoms with Crippen LogP contribution >= 0.6 is 0 Å². The van der Waals surface area contributed by atoms with Crippen LogP contribution in [0.15, 0.2) is 36.5 Å². The highest BCUT2D eigenvalue weighted by molar-refractivity contribution is 5.74. The first kappa shape index (κ1) is 16.0. The van der Waals surface area contributed by atoms with Crippen LogP contribution in [-0.4, -0.2) is 52.2 Å². The molecule has 0 radical (unpaired) electrons. The topological polar surface area (TPSA) is 88.1 Å². The molecule has 24 heavy (non-hydrogen) atoms. The first-order valence-corrected chi connectivity index (χ1v) is 7.97. The minimum atomic E-state index is -0.0392. The van der Waals surface area contributed by atoms with Gasteiger partial charge in [-0.1, -0.05) is 12.1 Å². The van der Waals surface area contributed by atoms with E-state index in [1.165, 1.54) is 5.56 Å². The van der Waals surface area contributed by atoms with E-state index >= 15 is 0 Å². The largest absolute Gasteiger partial charge is 0.332 e. The Morgan fingerprint density at radius 2 is 1.96 bits per heavy atom. The van der Waals surface area contributed by atoms with Crippen molar-refractivity contribution in [2.75, 3.05) is 26.2 Å². The molecular weight excluding hydrogens is 304 g/mol. The predicted molar refractivity (Wildman–Crippen MR) is 88.8 cm³/mol. The quantitative estimate of drug-likeness (QED) is 0.887. The fourth-order valence-electron chi connectivity index (χ4n) is 2.72. The van der Waals surface area contributed by atoms with Crippen molar-refractivity contribution in [3.63, 3.8) is 0 Å². The lowest BCUT2D eigenvalue weighted by molar-refractivity contribution is 0.135. The highest BCUT2D eigenvalue weighted by Crippen LogP contribution is 2.10. The van der Waals surface area contributed by atoms with E-state index in [9.17, 15) is 4.79 Å². The first-order valence-electron chi connectivity index (χ1n) is 7.97. The third-order valence-corrected chi connectivity index (χ3v) is 4.14. The second-order valence-corrected chi connectivity index (χ2v) is 5.81. The lowest BCUT2D eigenvalue weighted by Crippen LogP contribution is -2.51. The van der Waals surface area contributed by atoms with E-state index in [0.29, 0.717) is 25.2 Å². The number of nitriles is 1. The molecule has 0 atom stereocenters. The molecule has 2 heterocycles. The van der Waals surface area contributed by atoms with Crippen LogP contribution in [-0.2, 0) is 13.1 Å². The molecule has 1 aliphatic rings. The molecule has 0 bridgehead atoms. The van der Waals surface area contributed by atoms with Gasteiger partial charge in [0.25, 0.3) is 0 Å². The highest BCUT2D eigenvalue weighted by atomic mass is 16.2. The molecule has 2 amide bonds. The zero-order chi connectivity index (χ0) is 16.8. The molecular formula is C17H20N6O. The fourth-order valence-corrected chi connectivity index (χ4v) is 2.72. The summed E-state index contributed by atoms with van der Waals surface area (Å²) >= 11 is 0. The maximum Gasteiger partial charge on any atom is 0.317 e. The lowest BCUT2D eigenvalue weighted by atomic mass is 10.1. The smallest absolute Gasteiger partial charge is 0.317 e. The Kier molecular flexibility index (Phi) is 5.08. The van der Waals surface area contributed by atoms with Gasteiger partial charge in [0.1, 0.15) is 0 Å². The second-order valence-electron chi connectivity index (χ2n) is 5.81. The van der Waals surface area contributed by atoms with E-state index in [4.69, 9.17) is 5.26 Å². The average molecular weight is 324 g/mol. The summed E-state index contributed by atoms with van der Waals surface area (Å²) in [5.74, 6) is 0. The number of aromatic nitrogens is 2. The van der Waals surface area contributed by atoms with E-state index in [0.717, 1.165) is 25.3 Å².